The van der Waals surface area contributed by atoms with Crippen molar-refractivity contribution in [3.63, 3.8) is 0 Å². The highest BCUT2D eigenvalue weighted by Crippen LogP contribution is 2.30. The lowest BCUT2D eigenvalue weighted by molar-refractivity contribution is 0.0480. The SMILES string of the molecule is O=C(c1cccc(Oc2ccccn2)c1)N1CC[C@@H](OCC2CC2)C1. The molecule has 1 saturated heterocycles. The van der Waals surface area contributed by atoms with Gasteiger partial charge in [0.25, 0.3) is 5.91 Å². The topological polar surface area (TPSA) is 51.7 Å². The molecule has 0 bridgehead atoms. The third-order valence-electron chi connectivity index (χ3n) is 4.64. The smallest absolute Gasteiger partial charge is 0.254 e. The van der Waals surface area contributed by atoms with E-state index in [-0.39, 0.29) is 12.0 Å². The molecule has 1 aromatic heterocycles. The molecule has 5 heteroatoms. The van der Waals surface area contributed by atoms with E-state index in [2.05, 4.69) is 4.98 Å². The van der Waals surface area contributed by atoms with E-state index in [4.69, 9.17) is 9.47 Å². The summed E-state index contributed by atoms with van der Waals surface area (Å²) in [5.41, 5.74) is 0.635. The van der Waals surface area contributed by atoms with Crippen LogP contribution in [0.15, 0.2) is 48.7 Å². The highest BCUT2D eigenvalue weighted by atomic mass is 16.5. The first-order valence-corrected chi connectivity index (χ1v) is 8.88. The maximum absolute atomic E-state index is 12.7. The average Bonchev–Trinajstić information content (AvgIpc) is 3.36. The molecule has 1 aliphatic carbocycles. The molecule has 2 fully saturated rings. The predicted molar refractivity (Wildman–Crippen MR) is 93.7 cm³/mol. The monoisotopic (exact) mass is 338 g/mol. The van der Waals surface area contributed by atoms with Crippen molar-refractivity contribution in [3.8, 4) is 11.6 Å². The van der Waals surface area contributed by atoms with E-state index in [9.17, 15) is 4.79 Å². The van der Waals surface area contributed by atoms with Gasteiger partial charge in [0.1, 0.15) is 5.75 Å². The molecule has 1 aromatic carbocycles. The molecule has 0 N–H and O–H groups in total. The van der Waals surface area contributed by atoms with Crippen LogP contribution in [0, 0.1) is 5.92 Å². The summed E-state index contributed by atoms with van der Waals surface area (Å²) in [6.45, 7) is 2.27. The van der Waals surface area contributed by atoms with Crippen LogP contribution in [0.2, 0.25) is 0 Å². The highest BCUT2D eigenvalue weighted by molar-refractivity contribution is 5.94. The lowest BCUT2D eigenvalue weighted by Crippen LogP contribution is -2.30. The van der Waals surface area contributed by atoms with E-state index in [1.165, 1.54) is 12.8 Å². The fraction of sp³-hybridized carbons (Fsp3) is 0.400. The number of rotatable bonds is 6. The first-order chi connectivity index (χ1) is 12.3. The van der Waals surface area contributed by atoms with Gasteiger partial charge in [0, 0.05) is 37.5 Å². The maximum Gasteiger partial charge on any atom is 0.254 e. The van der Waals surface area contributed by atoms with Crippen molar-refractivity contribution < 1.29 is 14.3 Å². The van der Waals surface area contributed by atoms with Crippen LogP contribution in [0.1, 0.15) is 29.6 Å². The van der Waals surface area contributed by atoms with Crippen LogP contribution in [0.25, 0.3) is 0 Å². The molecule has 1 aliphatic heterocycles. The fourth-order valence-corrected chi connectivity index (χ4v) is 3.01. The molecule has 5 nitrogen and oxygen atoms in total. The first-order valence-electron chi connectivity index (χ1n) is 8.88. The highest BCUT2D eigenvalue weighted by Gasteiger charge is 2.30. The van der Waals surface area contributed by atoms with Gasteiger partial charge >= 0.3 is 0 Å². The number of carbonyl (C=O) groups excluding carboxylic acids is 1. The Labute approximate surface area is 147 Å². The molecular weight excluding hydrogens is 316 g/mol. The van der Waals surface area contributed by atoms with Crippen LogP contribution in [-0.4, -0.2) is 41.6 Å². The number of carbonyl (C=O) groups is 1. The van der Waals surface area contributed by atoms with Gasteiger partial charge in [-0.05, 0) is 49.4 Å². The number of aromatic nitrogens is 1. The first kappa shape index (κ1) is 16.1. The van der Waals surface area contributed by atoms with Crippen LogP contribution in [-0.2, 0) is 4.74 Å². The van der Waals surface area contributed by atoms with Crippen molar-refractivity contribution in [2.24, 2.45) is 5.92 Å². The zero-order chi connectivity index (χ0) is 17.1. The molecule has 0 spiro atoms. The minimum atomic E-state index is 0.0315. The van der Waals surface area contributed by atoms with Gasteiger partial charge in [-0.25, -0.2) is 4.98 Å². The van der Waals surface area contributed by atoms with E-state index in [0.717, 1.165) is 25.5 Å². The van der Waals surface area contributed by atoms with Crippen molar-refractivity contribution >= 4 is 5.91 Å². The third kappa shape index (κ3) is 4.17. The molecule has 2 heterocycles. The quantitative estimate of drug-likeness (QED) is 0.809. The minimum Gasteiger partial charge on any atom is -0.439 e. The van der Waals surface area contributed by atoms with Crippen LogP contribution in [0.5, 0.6) is 11.6 Å². The Morgan fingerprint density at radius 1 is 1.16 bits per heavy atom. The number of nitrogens with zero attached hydrogens (tertiary/aromatic N) is 2. The maximum atomic E-state index is 12.7. The Hall–Kier alpha value is -2.40. The van der Waals surface area contributed by atoms with Gasteiger partial charge < -0.3 is 14.4 Å². The van der Waals surface area contributed by atoms with Crippen molar-refractivity contribution in [2.75, 3.05) is 19.7 Å². The molecular formula is C20H22N2O3. The molecule has 2 aromatic rings. The summed E-state index contributed by atoms with van der Waals surface area (Å²) in [4.78, 5) is 18.8. The second-order valence-electron chi connectivity index (χ2n) is 6.74. The van der Waals surface area contributed by atoms with Crippen LogP contribution in [0.4, 0.5) is 0 Å². The van der Waals surface area contributed by atoms with Gasteiger partial charge in [-0.3, -0.25) is 4.79 Å². The normalized spacial score (nSPS) is 19.8. The summed E-state index contributed by atoms with van der Waals surface area (Å²) in [7, 11) is 0. The second kappa shape index (κ2) is 7.23. The number of hydrogen-bond acceptors (Lipinski definition) is 4. The number of benzene rings is 1. The van der Waals surface area contributed by atoms with Crippen molar-refractivity contribution in [3.05, 3.63) is 54.2 Å². The number of pyridine rings is 1. The Balaban J connectivity index is 1.37. The Morgan fingerprint density at radius 3 is 2.88 bits per heavy atom. The van der Waals surface area contributed by atoms with Gasteiger partial charge in [0.05, 0.1) is 6.10 Å². The molecule has 4 rings (SSSR count). The predicted octanol–water partition coefficient (Wildman–Crippen LogP) is 3.52. The van der Waals surface area contributed by atoms with Gasteiger partial charge in [-0.15, -0.1) is 0 Å². The van der Waals surface area contributed by atoms with Crippen molar-refractivity contribution in [2.45, 2.75) is 25.4 Å². The Morgan fingerprint density at radius 2 is 2.08 bits per heavy atom. The van der Waals surface area contributed by atoms with E-state index in [0.29, 0.717) is 23.7 Å². The molecule has 25 heavy (non-hydrogen) atoms. The average molecular weight is 338 g/mol. The van der Waals surface area contributed by atoms with Gasteiger partial charge in [0.15, 0.2) is 0 Å². The summed E-state index contributed by atoms with van der Waals surface area (Å²) in [5, 5.41) is 0. The molecule has 1 amide bonds. The standard InChI is InChI=1S/C20H22N2O3/c23-20(22-11-9-18(13-22)24-14-15-7-8-15)16-4-3-5-17(12-16)25-19-6-1-2-10-21-19/h1-6,10,12,15,18H,7-9,11,13-14H2/t18-/m1/s1. The number of hydrogen-bond donors (Lipinski definition) is 0. The summed E-state index contributed by atoms with van der Waals surface area (Å²) >= 11 is 0. The van der Waals surface area contributed by atoms with Gasteiger partial charge in [0.2, 0.25) is 5.88 Å². The number of amides is 1. The Kier molecular flexibility index (Phi) is 4.65. The molecule has 130 valence electrons. The summed E-state index contributed by atoms with van der Waals surface area (Å²) in [5.74, 6) is 1.92. The largest absolute Gasteiger partial charge is 0.439 e. The van der Waals surface area contributed by atoms with Crippen LogP contribution in [0.3, 0.4) is 0 Å². The fourth-order valence-electron chi connectivity index (χ4n) is 3.01. The molecule has 1 atom stereocenters. The molecule has 0 unspecified atom stereocenters. The van der Waals surface area contributed by atoms with E-state index < -0.39 is 0 Å². The second-order valence-corrected chi connectivity index (χ2v) is 6.74. The van der Waals surface area contributed by atoms with Crippen molar-refractivity contribution in [1.82, 2.24) is 9.88 Å². The number of likely N-dealkylation sites (tertiary alicyclic amines) is 1. The van der Waals surface area contributed by atoms with Gasteiger partial charge in [-0.2, -0.15) is 0 Å². The zero-order valence-corrected chi connectivity index (χ0v) is 14.1. The zero-order valence-electron chi connectivity index (χ0n) is 14.1. The molecule has 0 radical (unpaired) electrons. The van der Waals surface area contributed by atoms with Gasteiger partial charge in [-0.1, -0.05) is 12.1 Å². The summed E-state index contributed by atoms with van der Waals surface area (Å²) in [6, 6.07) is 12.8. The van der Waals surface area contributed by atoms with Crippen LogP contribution >= 0.6 is 0 Å². The lowest BCUT2D eigenvalue weighted by atomic mass is 10.2. The van der Waals surface area contributed by atoms with E-state index >= 15 is 0 Å². The molecule has 2 aliphatic rings. The molecule has 1 saturated carbocycles. The minimum absolute atomic E-state index is 0.0315. The van der Waals surface area contributed by atoms with E-state index in [1.54, 1.807) is 18.3 Å². The number of ether oxygens (including phenoxy) is 2. The van der Waals surface area contributed by atoms with Crippen LogP contribution < -0.4 is 4.74 Å². The lowest BCUT2D eigenvalue weighted by Gasteiger charge is -2.17. The summed E-state index contributed by atoms with van der Waals surface area (Å²) < 4.78 is 11.6. The van der Waals surface area contributed by atoms with E-state index in [1.807, 2.05) is 35.2 Å². The van der Waals surface area contributed by atoms with Crippen molar-refractivity contribution in [1.29, 1.82) is 0 Å². The Bertz CT molecular complexity index is 731. The third-order valence-corrected chi connectivity index (χ3v) is 4.64. The summed E-state index contributed by atoms with van der Waals surface area (Å²) in [6.07, 6.45) is 5.35.